The largest absolute Gasteiger partial charge is 0.478 e. The van der Waals surface area contributed by atoms with Gasteiger partial charge in [0.15, 0.2) is 5.60 Å². The van der Waals surface area contributed by atoms with Crippen LogP contribution < -0.4 is 10.1 Å². The number of nitrogens with one attached hydrogen (secondary N) is 1. The fourth-order valence-corrected chi connectivity index (χ4v) is 2.82. The molecule has 0 bridgehead atoms. The molecule has 2 aromatic carbocycles. The minimum atomic E-state index is -0.939. The number of ether oxygens (including phenoxy) is 1. The summed E-state index contributed by atoms with van der Waals surface area (Å²) in [5.74, 6) is 1.29. The van der Waals surface area contributed by atoms with Crippen LogP contribution in [-0.4, -0.2) is 23.8 Å². The smallest absolute Gasteiger partial charge is 0.263 e. The van der Waals surface area contributed by atoms with Crippen LogP contribution in [0, 0.1) is 0 Å². The fourth-order valence-electron chi connectivity index (χ4n) is 1.91. The Morgan fingerprint density at radius 1 is 1.13 bits per heavy atom. The van der Waals surface area contributed by atoms with Crippen LogP contribution in [0.2, 0.25) is 5.02 Å². The molecule has 2 aromatic rings. The monoisotopic (exact) mass is 349 g/mol. The van der Waals surface area contributed by atoms with Crippen LogP contribution in [0.5, 0.6) is 5.75 Å². The number of carbonyl (C=O) groups excluding carboxylic acids is 1. The number of carbonyl (C=O) groups is 1. The second kappa shape index (κ2) is 8.27. The molecule has 2 rings (SSSR count). The van der Waals surface area contributed by atoms with E-state index in [1.54, 1.807) is 49.9 Å². The summed E-state index contributed by atoms with van der Waals surface area (Å²) in [6, 6.07) is 17.1. The summed E-state index contributed by atoms with van der Waals surface area (Å²) in [5.41, 5.74) is -0.939. The number of hydrogen-bond acceptors (Lipinski definition) is 3. The molecular formula is C18H20ClNO2S. The molecular weight excluding hydrogens is 330 g/mol. The Morgan fingerprint density at radius 3 is 2.43 bits per heavy atom. The molecule has 0 unspecified atom stereocenters. The van der Waals surface area contributed by atoms with Crippen LogP contribution in [0.4, 0.5) is 0 Å². The van der Waals surface area contributed by atoms with Crippen molar-refractivity contribution in [3.63, 3.8) is 0 Å². The average molecular weight is 350 g/mol. The molecule has 23 heavy (non-hydrogen) atoms. The van der Waals surface area contributed by atoms with Crippen LogP contribution >= 0.6 is 23.4 Å². The Balaban J connectivity index is 1.78. The number of hydrogen-bond donors (Lipinski definition) is 1. The molecule has 122 valence electrons. The molecule has 3 nitrogen and oxygen atoms in total. The quantitative estimate of drug-likeness (QED) is 0.594. The van der Waals surface area contributed by atoms with Gasteiger partial charge in [-0.15, -0.1) is 11.8 Å². The molecule has 0 radical (unpaired) electrons. The highest BCUT2D eigenvalue weighted by Gasteiger charge is 2.29. The molecule has 0 aliphatic heterocycles. The number of thioether (sulfide) groups is 1. The number of rotatable bonds is 7. The van der Waals surface area contributed by atoms with Crippen molar-refractivity contribution in [2.45, 2.75) is 24.3 Å². The van der Waals surface area contributed by atoms with Gasteiger partial charge in [-0.05, 0) is 50.2 Å². The third-order valence-corrected chi connectivity index (χ3v) is 4.40. The van der Waals surface area contributed by atoms with Gasteiger partial charge in [0.2, 0.25) is 0 Å². The van der Waals surface area contributed by atoms with E-state index in [1.165, 1.54) is 4.90 Å². The molecule has 0 heterocycles. The number of halogens is 1. The van der Waals surface area contributed by atoms with E-state index in [0.29, 0.717) is 17.3 Å². The standard InChI is InChI=1S/C18H20ClNO2S/c1-18(2,22-15-10-8-14(19)9-11-15)17(21)20-12-13-23-16-6-4-3-5-7-16/h3-11H,12-13H2,1-2H3,(H,20,21). The third kappa shape index (κ3) is 5.81. The van der Waals surface area contributed by atoms with Gasteiger partial charge in [-0.2, -0.15) is 0 Å². The summed E-state index contributed by atoms with van der Waals surface area (Å²) in [4.78, 5) is 13.5. The van der Waals surface area contributed by atoms with Crippen LogP contribution in [0.1, 0.15) is 13.8 Å². The van der Waals surface area contributed by atoms with Crippen molar-refractivity contribution in [3.8, 4) is 5.75 Å². The second-order valence-electron chi connectivity index (χ2n) is 5.48. The first-order valence-electron chi connectivity index (χ1n) is 7.38. The van der Waals surface area contributed by atoms with Crippen LogP contribution in [0.25, 0.3) is 0 Å². The first-order chi connectivity index (χ1) is 11.0. The molecule has 0 aliphatic rings. The maximum Gasteiger partial charge on any atom is 0.263 e. The highest BCUT2D eigenvalue weighted by Crippen LogP contribution is 2.21. The van der Waals surface area contributed by atoms with Crippen molar-refractivity contribution in [2.24, 2.45) is 0 Å². The van der Waals surface area contributed by atoms with Gasteiger partial charge in [0, 0.05) is 22.2 Å². The number of benzene rings is 2. The van der Waals surface area contributed by atoms with E-state index in [1.807, 2.05) is 18.2 Å². The molecule has 1 amide bonds. The fraction of sp³-hybridized carbons (Fsp3) is 0.278. The Hall–Kier alpha value is -1.65. The Labute approximate surface area is 146 Å². The van der Waals surface area contributed by atoms with Crippen molar-refractivity contribution in [1.29, 1.82) is 0 Å². The zero-order chi connectivity index (χ0) is 16.7. The first kappa shape index (κ1) is 17.7. The molecule has 0 saturated heterocycles. The molecule has 0 atom stereocenters. The van der Waals surface area contributed by atoms with Gasteiger partial charge in [-0.25, -0.2) is 0 Å². The molecule has 0 spiro atoms. The zero-order valence-electron chi connectivity index (χ0n) is 13.2. The predicted octanol–water partition coefficient (Wildman–Crippen LogP) is 4.41. The molecule has 0 aliphatic carbocycles. The van der Waals surface area contributed by atoms with Gasteiger partial charge in [0.1, 0.15) is 5.75 Å². The lowest BCUT2D eigenvalue weighted by molar-refractivity contribution is -0.134. The normalized spacial score (nSPS) is 11.1. The number of amides is 1. The maximum atomic E-state index is 12.3. The average Bonchev–Trinajstić information content (AvgIpc) is 2.54. The Morgan fingerprint density at radius 2 is 1.78 bits per heavy atom. The van der Waals surface area contributed by atoms with Crippen molar-refractivity contribution in [3.05, 3.63) is 59.6 Å². The minimum Gasteiger partial charge on any atom is -0.478 e. The first-order valence-corrected chi connectivity index (χ1v) is 8.74. The van der Waals surface area contributed by atoms with E-state index in [-0.39, 0.29) is 5.91 Å². The van der Waals surface area contributed by atoms with Crippen LogP contribution in [-0.2, 0) is 4.79 Å². The molecule has 0 saturated carbocycles. The predicted molar refractivity (Wildman–Crippen MR) is 96.3 cm³/mol. The Bertz CT molecular complexity index is 629. The van der Waals surface area contributed by atoms with Crippen molar-refractivity contribution in [2.75, 3.05) is 12.3 Å². The van der Waals surface area contributed by atoms with Crippen molar-refractivity contribution in [1.82, 2.24) is 5.32 Å². The lowest BCUT2D eigenvalue weighted by atomic mass is 10.1. The van der Waals surface area contributed by atoms with Gasteiger partial charge in [0.05, 0.1) is 0 Å². The van der Waals surface area contributed by atoms with Gasteiger partial charge in [-0.3, -0.25) is 4.79 Å². The summed E-state index contributed by atoms with van der Waals surface area (Å²) in [6.07, 6.45) is 0. The molecule has 0 fully saturated rings. The van der Waals surface area contributed by atoms with Crippen LogP contribution in [0.15, 0.2) is 59.5 Å². The SMILES string of the molecule is CC(C)(Oc1ccc(Cl)cc1)C(=O)NCCSc1ccccc1. The minimum absolute atomic E-state index is 0.138. The van der Waals surface area contributed by atoms with Crippen molar-refractivity contribution >= 4 is 29.3 Å². The van der Waals surface area contributed by atoms with Gasteiger partial charge < -0.3 is 10.1 Å². The van der Waals surface area contributed by atoms with Gasteiger partial charge in [-0.1, -0.05) is 29.8 Å². The third-order valence-electron chi connectivity index (χ3n) is 3.13. The highest BCUT2D eigenvalue weighted by atomic mass is 35.5. The van der Waals surface area contributed by atoms with E-state index < -0.39 is 5.60 Å². The molecule has 0 aromatic heterocycles. The Kier molecular flexibility index (Phi) is 6.37. The van der Waals surface area contributed by atoms with E-state index in [4.69, 9.17) is 16.3 Å². The van der Waals surface area contributed by atoms with E-state index in [0.717, 1.165) is 5.75 Å². The second-order valence-corrected chi connectivity index (χ2v) is 7.09. The van der Waals surface area contributed by atoms with Crippen molar-refractivity contribution < 1.29 is 9.53 Å². The lowest BCUT2D eigenvalue weighted by Gasteiger charge is -2.25. The van der Waals surface area contributed by atoms with E-state index in [2.05, 4.69) is 17.4 Å². The summed E-state index contributed by atoms with van der Waals surface area (Å²) in [6.45, 7) is 4.09. The summed E-state index contributed by atoms with van der Waals surface area (Å²) < 4.78 is 5.76. The zero-order valence-corrected chi connectivity index (χ0v) is 14.8. The van der Waals surface area contributed by atoms with E-state index >= 15 is 0 Å². The van der Waals surface area contributed by atoms with E-state index in [9.17, 15) is 4.79 Å². The summed E-state index contributed by atoms with van der Waals surface area (Å²) >= 11 is 7.55. The van der Waals surface area contributed by atoms with Gasteiger partial charge >= 0.3 is 0 Å². The summed E-state index contributed by atoms with van der Waals surface area (Å²) in [7, 11) is 0. The molecule has 5 heteroatoms. The maximum absolute atomic E-state index is 12.3. The summed E-state index contributed by atoms with van der Waals surface area (Å²) in [5, 5.41) is 3.55. The lowest BCUT2D eigenvalue weighted by Crippen LogP contribution is -2.47. The highest BCUT2D eigenvalue weighted by molar-refractivity contribution is 7.99. The molecule has 1 N–H and O–H groups in total. The van der Waals surface area contributed by atoms with Gasteiger partial charge in [0.25, 0.3) is 5.91 Å². The topological polar surface area (TPSA) is 38.3 Å². The van der Waals surface area contributed by atoms with Crippen LogP contribution in [0.3, 0.4) is 0 Å².